The summed E-state index contributed by atoms with van der Waals surface area (Å²) in [5.74, 6) is 2.08. The van der Waals surface area contributed by atoms with Crippen molar-refractivity contribution in [2.45, 2.75) is 52.2 Å². The van der Waals surface area contributed by atoms with E-state index in [2.05, 4.69) is 18.7 Å². The fourth-order valence-electron chi connectivity index (χ4n) is 4.05. The molecular weight excluding hydrogens is 442 g/mol. The van der Waals surface area contributed by atoms with E-state index in [1.807, 2.05) is 59.3 Å². The van der Waals surface area contributed by atoms with Crippen molar-refractivity contribution in [2.24, 2.45) is 0 Å². The van der Waals surface area contributed by atoms with E-state index in [9.17, 15) is 5.11 Å². The molecule has 0 amide bonds. The molecule has 3 rings (SSSR count). The molecule has 0 aliphatic rings. The molecule has 7 nitrogen and oxygen atoms in total. The molecule has 0 aliphatic heterocycles. The fourth-order valence-corrected chi connectivity index (χ4v) is 4.05. The minimum absolute atomic E-state index is 0.385. The first kappa shape index (κ1) is 26.7. The summed E-state index contributed by atoms with van der Waals surface area (Å²) in [6.07, 6.45) is 3.24. The third-order valence-electron chi connectivity index (χ3n) is 5.96. The van der Waals surface area contributed by atoms with Gasteiger partial charge in [-0.2, -0.15) is 5.10 Å². The van der Waals surface area contributed by atoms with Gasteiger partial charge in [-0.3, -0.25) is 4.90 Å². The van der Waals surface area contributed by atoms with Gasteiger partial charge in [0.2, 0.25) is 5.88 Å². The molecule has 1 heterocycles. The van der Waals surface area contributed by atoms with E-state index in [1.54, 1.807) is 14.2 Å². The van der Waals surface area contributed by atoms with E-state index in [0.717, 1.165) is 48.4 Å². The number of unbranched alkanes of at least 4 members (excludes halogenated alkanes) is 1. The molecule has 0 spiro atoms. The SMILES string of the molecule is CCCC[C@H](O)CN(CCOC)Cc1c(CC)nn(-c2ccccc2)c1Oc1cccc(OC)c1. The van der Waals surface area contributed by atoms with Gasteiger partial charge in [0.25, 0.3) is 0 Å². The molecule has 0 saturated carbocycles. The van der Waals surface area contributed by atoms with Crippen molar-refractivity contribution in [3.63, 3.8) is 0 Å². The standard InChI is InChI=1S/C28H39N3O4/c1-5-7-14-23(32)20-30(17-18-33-3)21-26-27(6-2)29-31(22-12-9-8-10-13-22)28(26)35-25-16-11-15-24(19-25)34-4/h8-13,15-16,19,23,32H,5-7,14,17-18,20-21H2,1-4H3/t23-/m0/s1. The first-order chi connectivity index (χ1) is 17.1. The zero-order valence-electron chi connectivity index (χ0n) is 21.4. The van der Waals surface area contributed by atoms with Crippen LogP contribution in [0.2, 0.25) is 0 Å². The van der Waals surface area contributed by atoms with Gasteiger partial charge < -0.3 is 19.3 Å². The maximum Gasteiger partial charge on any atom is 0.227 e. The summed E-state index contributed by atoms with van der Waals surface area (Å²) in [7, 11) is 3.35. The van der Waals surface area contributed by atoms with Gasteiger partial charge in [-0.15, -0.1) is 0 Å². The minimum atomic E-state index is -0.385. The number of aryl methyl sites for hydroxylation is 1. The molecule has 3 aromatic rings. The second-order valence-electron chi connectivity index (χ2n) is 8.64. The number of rotatable bonds is 15. The summed E-state index contributed by atoms with van der Waals surface area (Å²) >= 11 is 0. The molecule has 0 fully saturated rings. The van der Waals surface area contributed by atoms with Gasteiger partial charge in [0.15, 0.2) is 0 Å². The number of methoxy groups -OCH3 is 2. The Morgan fingerprint density at radius 3 is 2.49 bits per heavy atom. The molecule has 35 heavy (non-hydrogen) atoms. The van der Waals surface area contributed by atoms with E-state index in [0.29, 0.717) is 37.9 Å². The number of aliphatic hydroxyl groups is 1. The average molecular weight is 482 g/mol. The summed E-state index contributed by atoms with van der Waals surface area (Å²) in [6, 6.07) is 17.6. The Morgan fingerprint density at radius 1 is 1.03 bits per heavy atom. The first-order valence-corrected chi connectivity index (χ1v) is 12.5. The molecule has 7 heteroatoms. The Bertz CT molecular complexity index is 1020. The summed E-state index contributed by atoms with van der Waals surface area (Å²) in [5, 5.41) is 15.6. The first-order valence-electron chi connectivity index (χ1n) is 12.5. The average Bonchev–Trinajstić information content (AvgIpc) is 3.23. The van der Waals surface area contributed by atoms with Crippen molar-refractivity contribution in [3.8, 4) is 23.1 Å². The molecule has 0 aliphatic carbocycles. The summed E-state index contributed by atoms with van der Waals surface area (Å²) < 4.78 is 19.1. The smallest absolute Gasteiger partial charge is 0.227 e. The monoisotopic (exact) mass is 481 g/mol. The molecule has 0 unspecified atom stereocenters. The lowest BCUT2D eigenvalue weighted by Gasteiger charge is -2.25. The zero-order valence-corrected chi connectivity index (χ0v) is 21.4. The molecule has 0 radical (unpaired) electrons. The molecule has 1 aromatic heterocycles. The van der Waals surface area contributed by atoms with Gasteiger partial charge in [-0.25, -0.2) is 4.68 Å². The molecular formula is C28H39N3O4. The Labute approximate surface area is 209 Å². The lowest BCUT2D eigenvalue weighted by Crippen LogP contribution is -2.34. The highest BCUT2D eigenvalue weighted by molar-refractivity contribution is 5.44. The van der Waals surface area contributed by atoms with Crippen molar-refractivity contribution in [1.82, 2.24) is 14.7 Å². The lowest BCUT2D eigenvalue weighted by molar-refractivity contribution is 0.0786. The van der Waals surface area contributed by atoms with Crippen molar-refractivity contribution >= 4 is 0 Å². The molecule has 1 N–H and O–H groups in total. The van der Waals surface area contributed by atoms with Crippen LogP contribution in [0.15, 0.2) is 54.6 Å². The Morgan fingerprint density at radius 2 is 1.80 bits per heavy atom. The summed E-state index contributed by atoms with van der Waals surface area (Å²) in [6.45, 7) is 6.71. The highest BCUT2D eigenvalue weighted by atomic mass is 16.5. The van der Waals surface area contributed by atoms with Crippen LogP contribution in [0.1, 0.15) is 44.4 Å². The van der Waals surface area contributed by atoms with Crippen LogP contribution in [-0.2, 0) is 17.7 Å². The van der Waals surface area contributed by atoms with Gasteiger partial charge in [-0.05, 0) is 37.1 Å². The maximum absolute atomic E-state index is 10.7. The predicted molar refractivity (Wildman–Crippen MR) is 139 cm³/mol. The third-order valence-corrected chi connectivity index (χ3v) is 5.96. The number of hydrogen-bond donors (Lipinski definition) is 1. The van der Waals surface area contributed by atoms with E-state index < -0.39 is 0 Å². The van der Waals surface area contributed by atoms with Crippen molar-refractivity contribution < 1.29 is 19.3 Å². The number of aromatic nitrogens is 2. The van der Waals surface area contributed by atoms with Crippen molar-refractivity contribution in [2.75, 3.05) is 33.9 Å². The largest absolute Gasteiger partial charge is 0.497 e. The number of ether oxygens (including phenoxy) is 3. The van der Waals surface area contributed by atoms with E-state index in [4.69, 9.17) is 19.3 Å². The molecule has 2 aromatic carbocycles. The quantitative estimate of drug-likeness (QED) is 0.320. The molecule has 0 saturated heterocycles. The minimum Gasteiger partial charge on any atom is -0.497 e. The molecule has 0 bridgehead atoms. The number of benzene rings is 2. The highest BCUT2D eigenvalue weighted by Crippen LogP contribution is 2.33. The second-order valence-corrected chi connectivity index (χ2v) is 8.64. The Hall–Kier alpha value is -2.87. The van der Waals surface area contributed by atoms with E-state index in [-0.39, 0.29) is 6.10 Å². The number of hydrogen-bond acceptors (Lipinski definition) is 6. The zero-order chi connectivity index (χ0) is 25.0. The third kappa shape index (κ3) is 7.56. The van der Waals surface area contributed by atoms with Crippen LogP contribution in [0.4, 0.5) is 0 Å². The van der Waals surface area contributed by atoms with Crippen LogP contribution < -0.4 is 9.47 Å². The van der Waals surface area contributed by atoms with Gasteiger partial charge >= 0.3 is 0 Å². The van der Waals surface area contributed by atoms with Gasteiger partial charge in [0.1, 0.15) is 11.5 Å². The molecule has 190 valence electrons. The topological polar surface area (TPSA) is 69.0 Å². The van der Waals surface area contributed by atoms with Crippen molar-refractivity contribution in [1.29, 1.82) is 0 Å². The van der Waals surface area contributed by atoms with Crippen LogP contribution in [0.5, 0.6) is 17.4 Å². The summed E-state index contributed by atoms with van der Waals surface area (Å²) in [5.41, 5.74) is 2.91. The predicted octanol–water partition coefficient (Wildman–Crippen LogP) is 5.24. The van der Waals surface area contributed by atoms with Gasteiger partial charge in [0, 0.05) is 32.8 Å². The van der Waals surface area contributed by atoms with Crippen LogP contribution in [0, 0.1) is 0 Å². The number of nitrogens with zero attached hydrogens (tertiary/aromatic N) is 3. The van der Waals surface area contributed by atoms with Gasteiger partial charge in [-0.1, -0.05) is 51.0 Å². The van der Waals surface area contributed by atoms with Crippen molar-refractivity contribution in [3.05, 3.63) is 65.9 Å². The fraction of sp³-hybridized carbons (Fsp3) is 0.464. The van der Waals surface area contributed by atoms with E-state index >= 15 is 0 Å². The number of aliphatic hydroxyl groups excluding tert-OH is 1. The normalized spacial score (nSPS) is 12.2. The van der Waals surface area contributed by atoms with Crippen LogP contribution in [0.25, 0.3) is 5.69 Å². The Kier molecular flexibility index (Phi) is 10.6. The number of para-hydroxylation sites is 1. The van der Waals surface area contributed by atoms with Crippen LogP contribution in [-0.4, -0.2) is 59.8 Å². The Balaban J connectivity index is 2.00. The highest BCUT2D eigenvalue weighted by Gasteiger charge is 2.23. The van der Waals surface area contributed by atoms with E-state index in [1.165, 1.54) is 0 Å². The second kappa shape index (κ2) is 13.9. The van der Waals surface area contributed by atoms with Gasteiger partial charge in [0.05, 0.1) is 36.8 Å². The van der Waals surface area contributed by atoms with Crippen LogP contribution in [0.3, 0.4) is 0 Å². The van der Waals surface area contributed by atoms with Crippen LogP contribution >= 0.6 is 0 Å². The molecule has 1 atom stereocenters. The lowest BCUT2D eigenvalue weighted by atomic mass is 10.1. The summed E-state index contributed by atoms with van der Waals surface area (Å²) in [4.78, 5) is 2.23. The maximum atomic E-state index is 10.7.